The fraction of sp³-hybridized carbons (Fsp3) is 0.200. The summed E-state index contributed by atoms with van der Waals surface area (Å²) in [5.74, 6) is -0.170. The molecule has 43 heavy (non-hydrogen) atoms. The molecule has 8 heteroatoms. The van der Waals surface area contributed by atoms with Crippen LogP contribution in [0.25, 0.3) is 22.7 Å². The molecule has 3 aromatic carbocycles. The molecular formula is C35H30N4O3S. The van der Waals surface area contributed by atoms with E-state index in [1.807, 2.05) is 95.7 Å². The third-order valence-electron chi connectivity index (χ3n) is 7.64. The van der Waals surface area contributed by atoms with Crippen LogP contribution in [0.15, 0.2) is 100 Å². The maximum Gasteiger partial charge on any atom is 0.338 e. The molecule has 5 aromatic rings. The van der Waals surface area contributed by atoms with E-state index < -0.39 is 12.0 Å². The third-order valence-corrected chi connectivity index (χ3v) is 8.62. The monoisotopic (exact) mass is 586 g/mol. The lowest BCUT2D eigenvalue weighted by molar-refractivity contribution is -0.138. The van der Waals surface area contributed by atoms with Crippen molar-refractivity contribution in [3.05, 3.63) is 133 Å². The molecule has 1 aliphatic rings. The van der Waals surface area contributed by atoms with E-state index in [1.54, 1.807) is 11.5 Å². The van der Waals surface area contributed by atoms with Crippen molar-refractivity contribution in [3.8, 4) is 6.07 Å². The maximum absolute atomic E-state index is 14.3. The number of para-hydroxylation sites is 1. The van der Waals surface area contributed by atoms with Crippen molar-refractivity contribution in [1.82, 2.24) is 9.13 Å². The minimum Gasteiger partial charge on any atom is -0.463 e. The summed E-state index contributed by atoms with van der Waals surface area (Å²) in [5.41, 5.74) is 5.07. The molecular weight excluding hydrogens is 556 g/mol. The van der Waals surface area contributed by atoms with Crippen molar-refractivity contribution in [2.45, 2.75) is 39.3 Å². The van der Waals surface area contributed by atoms with Gasteiger partial charge in [0.05, 0.1) is 34.5 Å². The van der Waals surface area contributed by atoms with Gasteiger partial charge >= 0.3 is 5.97 Å². The minimum atomic E-state index is -0.728. The van der Waals surface area contributed by atoms with Crippen LogP contribution in [0.1, 0.15) is 55.0 Å². The number of esters is 1. The smallest absolute Gasteiger partial charge is 0.338 e. The Morgan fingerprint density at radius 2 is 1.79 bits per heavy atom. The first-order valence-electron chi connectivity index (χ1n) is 14.2. The molecule has 0 amide bonds. The standard InChI is InChI=1S/C35H30N4O3S/c1-4-42-34(41)30-31(24-10-6-5-7-11-24)37-35-39(32(30)25-16-14-23(15-17-25)22(2)3)33(40)29(43-35)20-26-21-38(19-18-36)28-13-9-8-12-27(26)28/h5-17,20-22,32H,4,19H2,1-3H3. The Morgan fingerprint density at radius 1 is 1.07 bits per heavy atom. The first kappa shape index (κ1) is 28.1. The van der Waals surface area contributed by atoms with Gasteiger partial charge in [-0.15, -0.1) is 0 Å². The summed E-state index contributed by atoms with van der Waals surface area (Å²) in [6.45, 7) is 6.42. The highest BCUT2D eigenvalue weighted by atomic mass is 32.1. The Morgan fingerprint density at radius 3 is 2.49 bits per heavy atom. The Balaban J connectivity index is 1.64. The average molecular weight is 587 g/mol. The topological polar surface area (TPSA) is 89.4 Å². The maximum atomic E-state index is 14.3. The summed E-state index contributed by atoms with van der Waals surface area (Å²) in [6.07, 6.45) is 3.75. The number of benzene rings is 3. The molecule has 0 radical (unpaired) electrons. The molecule has 0 N–H and O–H groups in total. The van der Waals surface area contributed by atoms with Crippen LogP contribution in [0.5, 0.6) is 0 Å². The molecule has 0 bridgehead atoms. The van der Waals surface area contributed by atoms with Crippen molar-refractivity contribution < 1.29 is 9.53 Å². The summed E-state index contributed by atoms with van der Waals surface area (Å²) in [5, 5.41) is 10.3. The van der Waals surface area contributed by atoms with E-state index in [0.717, 1.165) is 33.2 Å². The van der Waals surface area contributed by atoms with Crippen molar-refractivity contribution in [3.63, 3.8) is 0 Å². The highest BCUT2D eigenvalue weighted by Crippen LogP contribution is 2.35. The molecule has 0 spiro atoms. The number of thiazole rings is 1. The van der Waals surface area contributed by atoms with Crippen molar-refractivity contribution >= 4 is 40.0 Å². The summed E-state index contributed by atoms with van der Waals surface area (Å²) in [4.78, 5) is 33.4. The third kappa shape index (κ3) is 5.13. The van der Waals surface area contributed by atoms with Gasteiger partial charge in [0.15, 0.2) is 4.80 Å². The predicted molar refractivity (Wildman–Crippen MR) is 169 cm³/mol. The summed E-state index contributed by atoms with van der Waals surface area (Å²) < 4.78 is 9.56. The number of fused-ring (bicyclic) bond motifs is 2. The van der Waals surface area contributed by atoms with Gasteiger partial charge in [0, 0.05) is 28.2 Å². The summed E-state index contributed by atoms with van der Waals surface area (Å²) in [7, 11) is 0. The summed E-state index contributed by atoms with van der Waals surface area (Å²) in [6, 6.07) is 26.9. The van der Waals surface area contributed by atoms with Crippen LogP contribution in [0.4, 0.5) is 0 Å². The van der Waals surface area contributed by atoms with Crippen LogP contribution in [0, 0.1) is 11.3 Å². The zero-order valence-electron chi connectivity index (χ0n) is 24.2. The van der Waals surface area contributed by atoms with Crippen LogP contribution in [0.3, 0.4) is 0 Å². The van der Waals surface area contributed by atoms with Crippen LogP contribution in [0.2, 0.25) is 0 Å². The lowest BCUT2D eigenvalue weighted by atomic mass is 9.91. The number of nitriles is 1. The lowest BCUT2D eigenvalue weighted by Gasteiger charge is -2.26. The Hall–Kier alpha value is -5.00. The molecule has 0 saturated carbocycles. The number of carbonyl (C=O) groups excluding carboxylic acids is 1. The Kier molecular flexibility index (Phi) is 7.66. The second-order valence-corrected chi connectivity index (χ2v) is 11.6. The number of aromatic nitrogens is 2. The molecule has 1 atom stereocenters. The normalized spacial score (nSPS) is 15.0. The molecule has 1 unspecified atom stereocenters. The van der Waals surface area contributed by atoms with Gasteiger partial charge in [-0.2, -0.15) is 5.26 Å². The number of hydrogen-bond donors (Lipinski definition) is 0. The van der Waals surface area contributed by atoms with E-state index in [4.69, 9.17) is 9.73 Å². The average Bonchev–Trinajstić information content (AvgIpc) is 3.53. The fourth-order valence-electron chi connectivity index (χ4n) is 5.56. The number of nitrogens with zero attached hydrogens (tertiary/aromatic N) is 4. The summed E-state index contributed by atoms with van der Waals surface area (Å²) >= 11 is 1.29. The predicted octanol–water partition coefficient (Wildman–Crippen LogP) is 5.54. The highest BCUT2D eigenvalue weighted by Gasteiger charge is 2.35. The van der Waals surface area contributed by atoms with Crippen LogP contribution in [-0.4, -0.2) is 21.7 Å². The Bertz CT molecular complexity index is 2090. The highest BCUT2D eigenvalue weighted by molar-refractivity contribution is 7.07. The first-order chi connectivity index (χ1) is 20.9. The van der Waals surface area contributed by atoms with E-state index in [0.29, 0.717) is 26.5 Å². The zero-order valence-corrected chi connectivity index (χ0v) is 25.0. The van der Waals surface area contributed by atoms with Gasteiger partial charge in [-0.05, 0) is 36.1 Å². The van der Waals surface area contributed by atoms with Gasteiger partial charge in [-0.1, -0.05) is 98.0 Å². The fourth-order valence-corrected chi connectivity index (χ4v) is 6.55. The van der Waals surface area contributed by atoms with Gasteiger partial charge in [0.2, 0.25) is 0 Å². The molecule has 0 aliphatic carbocycles. The van der Waals surface area contributed by atoms with E-state index in [1.165, 1.54) is 11.3 Å². The largest absolute Gasteiger partial charge is 0.463 e. The Labute approximate surface area is 252 Å². The van der Waals surface area contributed by atoms with Crippen molar-refractivity contribution in [2.24, 2.45) is 4.99 Å². The van der Waals surface area contributed by atoms with Crippen LogP contribution >= 0.6 is 11.3 Å². The number of carbonyl (C=O) groups is 1. The molecule has 214 valence electrons. The zero-order chi connectivity index (χ0) is 30.1. The molecule has 0 saturated heterocycles. The van der Waals surface area contributed by atoms with E-state index in [2.05, 4.69) is 19.9 Å². The van der Waals surface area contributed by atoms with E-state index in [9.17, 15) is 14.9 Å². The lowest BCUT2D eigenvalue weighted by Crippen LogP contribution is -2.40. The molecule has 0 fully saturated rings. The van der Waals surface area contributed by atoms with Crippen molar-refractivity contribution in [2.75, 3.05) is 6.61 Å². The molecule has 7 nitrogen and oxygen atoms in total. The SMILES string of the molecule is CCOC(=O)C1=C(c2ccccc2)N=c2sc(=Cc3cn(CC#N)c4ccccc34)c(=O)n2C1c1ccc(C(C)C)cc1. The van der Waals surface area contributed by atoms with Gasteiger partial charge in [-0.3, -0.25) is 9.36 Å². The van der Waals surface area contributed by atoms with Gasteiger partial charge in [-0.25, -0.2) is 9.79 Å². The molecule has 3 heterocycles. The van der Waals surface area contributed by atoms with Crippen molar-refractivity contribution in [1.29, 1.82) is 5.26 Å². The van der Waals surface area contributed by atoms with Crippen LogP contribution < -0.4 is 14.9 Å². The first-order valence-corrected chi connectivity index (χ1v) is 15.1. The van der Waals surface area contributed by atoms with Crippen LogP contribution in [-0.2, 0) is 16.1 Å². The van der Waals surface area contributed by atoms with Gasteiger partial charge in [0.25, 0.3) is 5.56 Å². The number of ether oxygens (including phenoxy) is 1. The quantitative estimate of drug-likeness (QED) is 0.234. The van der Waals surface area contributed by atoms with Gasteiger partial charge < -0.3 is 9.30 Å². The number of rotatable bonds is 7. The van der Waals surface area contributed by atoms with E-state index >= 15 is 0 Å². The van der Waals surface area contributed by atoms with E-state index in [-0.39, 0.29) is 18.7 Å². The second-order valence-electron chi connectivity index (χ2n) is 10.6. The second kappa shape index (κ2) is 11.7. The number of hydrogen-bond acceptors (Lipinski definition) is 6. The minimum absolute atomic E-state index is 0.195. The molecule has 6 rings (SSSR count). The molecule has 1 aliphatic heterocycles. The molecule has 2 aromatic heterocycles. The van der Waals surface area contributed by atoms with Gasteiger partial charge in [0.1, 0.15) is 6.54 Å².